The van der Waals surface area contributed by atoms with E-state index < -0.39 is 0 Å². The molecule has 0 fully saturated rings. The number of nitrogens with zero attached hydrogens (tertiary/aromatic N) is 1. The van der Waals surface area contributed by atoms with Gasteiger partial charge in [-0.3, -0.25) is 0 Å². The summed E-state index contributed by atoms with van der Waals surface area (Å²) in [7, 11) is 1.94. The normalized spacial score (nSPS) is 13.3. The number of hydrogen-bond donors (Lipinski definition) is 1. The Labute approximate surface area is 120 Å². The van der Waals surface area contributed by atoms with E-state index in [1.165, 1.54) is 0 Å². The van der Waals surface area contributed by atoms with Gasteiger partial charge in [0, 0.05) is 12.6 Å². The molecule has 2 aromatic carbocycles. The van der Waals surface area contributed by atoms with Crippen LogP contribution in [0, 0.1) is 0 Å². The van der Waals surface area contributed by atoms with E-state index >= 15 is 0 Å². The van der Waals surface area contributed by atoms with Gasteiger partial charge in [0.15, 0.2) is 11.5 Å². The first kappa shape index (κ1) is 12.9. The van der Waals surface area contributed by atoms with Crippen molar-refractivity contribution in [1.82, 2.24) is 0 Å². The van der Waals surface area contributed by atoms with E-state index in [0.29, 0.717) is 0 Å². The quantitative estimate of drug-likeness (QED) is 0.806. The maximum atomic E-state index is 6.06. The largest absolute Gasteiger partial charge is 0.453 e. The number of para-hydroxylation sites is 3. The van der Waals surface area contributed by atoms with Crippen LogP contribution in [0.25, 0.3) is 0 Å². The van der Waals surface area contributed by atoms with Gasteiger partial charge >= 0.3 is 0 Å². The van der Waals surface area contributed by atoms with Gasteiger partial charge in [-0.2, -0.15) is 0 Å². The summed E-state index contributed by atoms with van der Waals surface area (Å²) in [4.78, 5) is 2.34. The van der Waals surface area contributed by atoms with Crippen molar-refractivity contribution in [3.63, 3.8) is 0 Å². The molecule has 0 aromatic heterocycles. The smallest absolute Gasteiger partial charge is 0.153 e. The number of rotatable bonds is 1. The van der Waals surface area contributed by atoms with Crippen LogP contribution in [0.2, 0.25) is 0 Å². The summed E-state index contributed by atoms with van der Waals surface area (Å²) in [5, 5.41) is 3.27. The van der Waals surface area contributed by atoms with Gasteiger partial charge in [-0.25, -0.2) is 0 Å². The molecule has 1 N–H and O–H groups in total. The second-order valence-electron chi connectivity index (χ2n) is 5.98. The zero-order valence-corrected chi connectivity index (χ0v) is 12.4. The molecule has 0 atom stereocenters. The van der Waals surface area contributed by atoms with Gasteiger partial charge in [0.2, 0.25) is 0 Å². The summed E-state index contributed by atoms with van der Waals surface area (Å²) in [5.74, 6) is 1.80. The average molecular weight is 268 g/mol. The molecule has 0 saturated heterocycles. The fraction of sp³-hybridized carbons (Fsp3) is 0.294. The van der Waals surface area contributed by atoms with Crippen molar-refractivity contribution in [2.45, 2.75) is 26.3 Å². The molecule has 3 nitrogen and oxygen atoms in total. The van der Waals surface area contributed by atoms with Crippen molar-refractivity contribution in [1.29, 1.82) is 0 Å². The number of hydrogen-bond acceptors (Lipinski definition) is 3. The molecule has 0 unspecified atom stereocenters. The van der Waals surface area contributed by atoms with E-state index in [1.807, 2.05) is 37.4 Å². The standard InChI is InChI=1S/C17H20N2O/c1-17(2,3)19-13-9-5-6-10-14(13)20-15-11-7-8-12(18-4)16(15)19/h5-11,18H,1-4H3. The maximum absolute atomic E-state index is 6.06. The van der Waals surface area contributed by atoms with Crippen LogP contribution in [0.3, 0.4) is 0 Å². The Morgan fingerprint density at radius 1 is 0.950 bits per heavy atom. The van der Waals surface area contributed by atoms with Gasteiger partial charge in [-0.05, 0) is 45.0 Å². The number of nitrogens with one attached hydrogen (secondary N) is 1. The third kappa shape index (κ3) is 1.90. The van der Waals surface area contributed by atoms with Crippen LogP contribution >= 0.6 is 0 Å². The van der Waals surface area contributed by atoms with Crippen LogP contribution < -0.4 is 15.0 Å². The Balaban J connectivity index is 2.28. The predicted octanol–water partition coefficient (Wildman–Crippen LogP) is 4.77. The lowest BCUT2D eigenvalue weighted by atomic mass is 10.0. The fourth-order valence-corrected chi connectivity index (χ4v) is 2.70. The van der Waals surface area contributed by atoms with Gasteiger partial charge in [-0.1, -0.05) is 18.2 Å². The molecule has 3 heteroatoms. The highest BCUT2D eigenvalue weighted by molar-refractivity contribution is 5.87. The Hall–Kier alpha value is -2.16. The molecule has 0 bridgehead atoms. The molecule has 1 heterocycles. The highest BCUT2D eigenvalue weighted by Gasteiger charge is 2.33. The lowest BCUT2D eigenvalue weighted by Crippen LogP contribution is -2.39. The van der Waals surface area contributed by atoms with Crippen LogP contribution in [0.15, 0.2) is 42.5 Å². The van der Waals surface area contributed by atoms with E-state index in [-0.39, 0.29) is 5.54 Å². The Bertz CT molecular complexity index is 644. The first-order valence-corrected chi connectivity index (χ1v) is 6.90. The summed E-state index contributed by atoms with van der Waals surface area (Å²) in [6.07, 6.45) is 0. The fourth-order valence-electron chi connectivity index (χ4n) is 2.70. The minimum atomic E-state index is -0.0401. The van der Waals surface area contributed by atoms with Gasteiger partial charge in [0.05, 0.1) is 11.4 Å². The SMILES string of the molecule is CNc1cccc2c1N(C(C)(C)C)c1ccccc1O2. The minimum absolute atomic E-state index is 0.0401. The van der Waals surface area contributed by atoms with Crippen molar-refractivity contribution in [3.05, 3.63) is 42.5 Å². The Morgan fingerprint density at radius 2 is 1.65 bits per heavy atom. The zero-order chi connectivity index (χ0) is 14.3. The van der Waals surface area contributed by atoms with Gasteiger partial charge in [0.25, 0.3) is 0 Å². The van der Waals surface area contributed by atoms with Crippen LogP contribution in [0.4, 0.5) is 17.1 Å². The van der Waals surface area contributed by atoms with E-state index in [9.17, 15) is 0 Å². The summed E-state index contributed by atoms with van der Waals surface area (Å²) >= 11 is 0. The van der Waals surface area contributed by atoms with Crippen molar-refractivity contribution >= 4 is 17.1 Å². The third-order valence-corrected chi connectivity index (χ3v) is 3.49. The molecule has 0 spiro atoms. The molecule has 1 aliphatic rings. The van der Waals surface area contributed by atoms with Crippen LogP contribution in [-0.2, 0) is 0 Å². The molecule has 104 valence electrons. The molecular weight excluding hydrogens is 248 g/mol. The topological polar surface area (TPSA) is 24.5 Å². The highest BCUT2D eigenvalue weighted by Crippen LogP contribution is 2.52. The number of anilines is 3. The first-order valence-electron chi connectivity index (χ1n) is 6.90. The summed E-state index contributed by atoms with van der Waals surface area (Å²) < 4.78 is 6.06. The van der Waals surface area contributed by atoms with E-state index in [0.717, 1.165) is 28.6 Å². The van der Waals surface area contributed by atoms with E-state index in [4.69, 9.17) is 4.74 Å². The molecular formula is C17H20N2O. The monoisotopic (exact) mass is 268 g/mol. The first-order chi connectivity index (χ1) is 9.52. The van der Waals surface area contributed by atoms with Crippen LogP contribution in [0.5, 0.6) is 11.5 Å². The second kappa shape index (κ2) is 4.44. The lowest BCUT2D eigenvalue weighted by molar-refractivity contribution is 0.451. The van der Waals surface area contributed by atoms with Crippen molar-refractivity contribution < 1.29 is 4.74 Å². The molecule has 3 rings (SSSR count). The number of ether oxygens (including phenoxy) is 1. The molecule has 0 radical (unpaired) electrons. The maximum Gasteiger partial charge on any atom is 0.153 e. The van der Waals surface area contributed by atoms with Gasteiger partial charge in [-0.15, -0.1) is 0 Å². The number of benzene rings is 2. The van der Waals surface area contributed by atoms with Gasteiger partial charge < -0.3 is 15.0 Å². The van der Waals surface area contributed by atoms with Crippen molar-refractivity contribution in [2.75, 3.05) is 17.3 Å². The number of fused-ring (bicyclic) bond motifs is 2. The Kier molecular flexibility index (Phi) is 2.85. The summed E-state index contributed by atoms with van der Waals surface area (Å²) in [6.45, 7) is 6.64. The Morgan fingerprint density at radius 3 is 2.35 bits per heavy atom. The van der Waals surface area contributed by atoms with Gasteiger partial charge in [0.1, 0.15) is 5.69 Å². The van der Waals surface area contributed by atoms with Crippen molar-refractivity contribution in [2.24, 2.45) is 0 Å². The van der Waals surface area contributed by atoms with Crippen LogP contribution in [-0.4, -0.2) is 12.6 Å². The van der Waals surface area contributed by atoms with Crippen molar-refractivity contribution in [3.8, 4) is 11.5 Å². The molecule has 2 aromatic rings. The highest BCUT2D eigenvalue weighted by atomic mass is 16.5. The molecule has 0 saturated carbocycles. The molecule has 20 heavy (non-hydrogen) atoms. The van der Waals surface area contributed by atoms with E-state index in [2.05, 4.69) is 43.1 Å². The molecule has 1 aliphatic heterocycles. The molecule has 0 aliphatic carbocycles. The minimum Gasteiger partial charge on any atom is -0.453 e. The lowest BCUT2D eigenvalue weighted by Gasteiger charge is -2.42. The van der Waals surface area contributed by atoms with E-state index in [1.54, 1.807) is 0 Å². The third-order valence-electron chi connectivity index (χ3n) is 3.49. The van der Waals surface area contributed by atoms with Crippen LogP contribution in [0.1, 0.15) is 20.8 Å². The predicted molar refractivity (Wildman–Crippen MR) is 84.4 cm³/mol. The summed E-state index contributed by atoms with van der Waals surface area (Å²) in [5.41, 5.74) is 3.24. The average Bonchev–Trinajstić information content (AvgIpc) is 2.42. The second-order valence-corrected chi connectivity index (χ2v) is 5.98. The molecule has 0 amide bonds. The summed E-state index contributed by atoms with van der Waals surface area (Å²) in [6, 6.07) is 14.3. The zero-order valence-electron chi connectivity index (χ0n) is 12.4.